The van der Waals surface area contributed by atoms with Crippen molar-refractivity contribution in [1.29, 1.82) is 21.0 Å². The Hall–Kier alpha value is -12.0. The number of carbonyl (C=O) groups excluding carboxylic acids is 4. The maximum Gasteiger partial charge on any atom is 0.266 e. The van der Waals surface area contributed by atoms with E-state index in [9.17, 15) is 40.2 Å². The Morgan fingerprint density at radius 3 is 1.08 bits per heavy atom. The number of nitrogens with zero attached hydrogens (tertiary/aromatic N) is 6. The second-order valence-corrected chi connectivity index (χ2v) is 20.1. The van der Waals surface area contributed by atoms with Gasteiger partial charge in [0, 0.05) is 17.5 Å². The van der Waals surface area contributed by atoms with Gasteiger partial charge in [-0.3, -0.25) is 19.2 Å². The average Bonchev–Trinajstić information content (AvgIpc) is 2.43. The Morgan fingerprint density at radius 1 is 0.353 bits per heavy atom. The number of nitriles is 4. The monoisotopic (exact) mass is 1120 g/mol. The maximum atomic E-state index is 14.0. The summed E-state index contributed by atoms with van der Waals surface area (Å²) in [6.45, 7) is 7.76. The SMILES string of the molecule is COc1ccc(C(c2cc(C)c(Oc3ccc4c(c3)C(=O)N(c3ccc(Oc5ccc(C#N)c(C#N)c5)cc3)C4=O)c(C)c2)c2cc(C)c(Oc3ccc4c(c3)C(=O)N(c3ccc(Oc5ccc(C#N)c(C#N)c5)cc3)C4=O)c(C)c2)c(OC)c1. The highest BCUT2D eigenvalue weighted by molar-refractivity contribution is 6.35. The van der Waals surface area contributed by atoms with Gasteiger partial charge in [-0.1, -0.05) is 30.3 Å². The Morgan fingerprint density at radius 2 is 0.706 bits per heavy atom. The summed E-state index contributed by atoms with van der Waals surface area (Å²) < 4.78 is 36.5. The number of imide groups is 2. The zero-order valence-electron chi connectivity index (χ0n) is 46.4. The summed E-state index contributed by atoms with van der Waals surface area (Å²) in [6, 6.07) is 53.3. The molecule has 2 aliphatic rings. The van der Waals surface area contributed by atoms with Gasteiger partial charge in [0.2, 0.25) is 0 Å². The predicted molar refractivity (Wildman–Crippen MR) is 312 cm³/mol. The third-order valence-corrected chi connectivity index (χ3v) is 14.7. The van der Waals surface area contributed by atoms with Crippen molar-refractivity contribution in [2.45, 2.75) is 33.6 Å². The van der Waals surface area contributed by atoms with Crippen LogP contribution in [-0.2, 0) is 0 Å². The molecule has 0 N–H and O–H groups in total. The molecule has 0 saturated carbocycles. The van der Waals surface area contributed by atoms with Crippen molar-refractivity contribution < 1.29 is 47.6 Å². The fraction of sp³-hybridized carbons (Fsp3) is 0.101. The van der Waals surface area contributed by atoms with Gasteiger partial charge in [-0.25, -0.2) is 9.80 Å². The van der Waals surface area contributed by atoms with Gasteiger partial charge in [0.15, 0.2) is 0 Å². The van der Waals surface area contributed by atoms with Gasteiger partial charge in [0.1, 0.15) is 81.8 Å². The molecular weight excluding hydrogens is 1070 g/mol. The van der Waals surface area contributed by atoms with Crippen molar-refractivity contribution in [2.24, 2.45) is 0 Å². The molecule has 0 radical (unpaired) electrons. The van der Waals surface area contributed by atoms with E-state index in [2.05, 4.69) is 0 Å². The molecule has 11 rings (SSSR count). The van der Waals surface area contributed by atoms with Crippen LogP contribution in [0.3, 0.4) is 0 Å². The van der Waals surface area contributed by atoms with E-state index in [4.69, 9.17) is 28.4 Å². The summed E-state index contributed by atoms with van der Waals surface area (Å²) in [5.41, 5.74) is 8.11. The second-order valence-electron chi connectivity index (χ2n) is 20.1. The number of fused-ring (bicyclic) bond motifs is 2. The summed E-state index contributed by atoms with van der Waals surface area (Å²) in [6.07, 6.45) is 0. The first-order valence-electron chi connectivity index (χ1n) is 26.4. The van der Waals surface area contributed by atoms with E-state index >= 15 is 0 Å². The highest BCUT2D eigenvalue weighted by Gasteiger charge is 2.39. The first-order chi connectivity index (χ1) is 41.1. The lowest BCUT2D eigenvalue weighted by Gasteiger charge is -2.25. The Kier molecular flexibility index (Phi) is 14.6. The minimum absolute atomic E-state index is 0.173. The molecule has 0 spiro atoms. The van der Waals surface area contributed by atoms with E-state index < -0.39 is 29.5 Å². The number of benzene rings is 9. The van der Waals surface area contributed by atoms with E-state index in [1.165, 1.54) is 24.3 Å². The topological polar surface area (TPSA) is 225 Å². The van der Waals surface area contributed by atoms with E-state index in [0.29, 0.717) is 68.9 Å². The molecule has 0 atom stereocenters. The van der Waals surface area contributed by atoms with Crippen LogP contribution in [0.2, 0.25) is 0 Å². The van der Waals surface area contributed by atoms with Gasteiger partial charge in [-0.15, -0.1) is 0 Å². The molecule has 412 valence electrons. The molecule has 9 aromatic rings. The molecule has 9 aromatic carbocycles. The zero-order valence-corrected chi connectivity index (χ0v) is 46.4. The van der Waals surface area contributed by atoms with Gasteiger partial charge in [0.25, 0.3) is 23.6 Å². The van der Waals surface area contributed by atoms with Gasteiger partial charge < -0.3 is 28.4 Å². The van der Waals surface area contributed by atoms with Crippen LogP contribution in [0.4, 0.5) is 11.4 Å². The molecule has 4 amide bonds. The second kappa shape index (κ2) is 22.5. The highest BCUT2D eigenvalue weighted by Crippen LogP contribution is 2.45. The Bertz CT molecular complexity index is 4180. The fourth-order valence-corrected chi connectivity index (χ4v) is 10.7. The van der Waals surface area contributed by atoms with Crippen LogP contribution in [0, 0.1) is 73.0 Å². The number of anilines is 2. The molecule has 16 nitrogen and oxygen atoms in total. The highest BCUT2D eigenvalue weighted by atomic mass is 16.5. The van der Waals surface area contributed by atoms with Crippen LogP contribution in [-0.4, -0.2) is 37.8 Å². The summed E-state index contributed by atoms with van der Waals surface area (Å²) in [4.78, 5) is 57.6. The van der Waals surface area contributed by atoms with Gasteiger partial charge >= 0.3 is 0 Å². The third kappa shape index (κ3) is 10.3. The fourth-order valence-electron chi connectivity index (χ4n) is 10.7. The third-order valence-electron chi connectivity index (χ3n) is 14.7. The minimum atomic E-state index is -0.523. The first-order valence-corrected chi connectivity index (χ1v) is 26.4. The maximum absolute atomic E-state index is 14.0. The number of methoxy groups -OCH3 is 2. The number of hydrogen-bond donors (Lipinski definition) is 0. The van der Waals surface area contributed by atoms with Crippen molar-refractivity contribution in [3.8, 4) is 81.8 Å². The van der Waals surface area contributed by atoms with Crippen LogP contribution >= 0.6 is 0 Å². The van der Waals surface area contributed by atoms with Crippen LogP contribution in [0.15, 0.2) is 164 Å². The van der Waals surface area contributed by atoms with E-state index in [1.54, 1.807) is 111 Å². The van der Waals surface area contributed by atoms with Gasteiger partial charge in [-0.05, 0) is 188 Å². The normalized spacial score (nSPS) is 12.2. The zero-order chi connectivity index (χ0) is 59.8. The Labute approximate surface area is 488 Å². The predicted octanol–water partition coefficient (Wildman–Crippen LogP) is 14.4. The Balaban J connectivity index is 0.828. The van der Waals surface area contributed by atoms with Gasteiger partial charge in [0.05, 0.1) is 70.1 Å². The molecule has 2 heterocycles. The largest absolute Gasteiger partial charge is 0.497 e. The summed E-state index contributed by atoms with van der Waals surface area (Å²) in [7, 11) is 3.20. The average molecular weight is 1120 g/mol. The lowest BCUT2D eigenvalue weighted by atomic mass is 9.82. The van der Waals surface area contributed by atoms with Crippen molar-refractivity contribution in [1.82, 2.24) is 0 Å². The molecule has 16 heteroatoms. The standard InChI is InChI=1S/C69H46N6O10/c1-38-25-44(26-39(2)64(38)84-55-20-22-57-60(31-55)68(78)74(66(57)76)48-9-15-50(16-10-48)82-53-13-7-42(34-70)46(29-53)36-72)63(59-24-19-52(80-5)33-62(59)81-6)45-27-40(3)65(41(4)28-45)85-56-21-23-58-61(32-56)69(79)75(67(58)77)49-11-17-51(18-12-49)83-54-14-8-43(35-71)47(30-54)37-73/h7-33,63H,1-6H3. The number of carbonyl (C=O) groups is 4. The number of rotatable bonds is 15. The van der Waals surface area contributed by atoms with E-state index in [-0.39, 0.29) is 44.5 Å². The first kappa shape index (κ1) is 55.0. The van der Waals surface area contributed by atoms with Crippen LogP contribution < -0.4 is 38.2 Å². The summed E-state index contributed by atoms with van der Waals surface area (Å²) in [5.74, 6) is 2.07. The molecule has 0 fully saturated rings. The molecule has 0 unspecified atom stereocenters. The van der Waals surface area contributed by atoms with Crippen LogP contribution in [0.25, 0.3) is 0 Å². The molecule has 0 saturated heterocycles. The van der Waals surface area contributed by atoms with Gasteiger partial charge in [-0.2, -0.15) is 21.0 Å². The molecule has 85 heavy (non-hydrogen) atoms. The lowest BCUT2D eigenvalue weighted by Crippen LogP contribution is -2.29. The number of ether oxygens (including phenoxy) is 6. The van der Waals surface area contributed by atoms with Crippen molar-refractivity contribution in [2.75, 3.05) is 24.0 Å². The van der Waals surface area contributed by atoms with Crippen molar-refractivity contribution >= 4 is 35.0 Å². The molecule has 0 aromatic heterocycles. The lowest BCUT2D eigenvalue weighted by molar-refractivity contribution is 0.0910. The quantitative estimate of drug-likeness (QED) is 0.0687. The molecule has 0 aliphatic carbocycles. The van der Waals surface area contributed by atoms with Crippen molar-refractivity contribution in [3.05, 3.63) is 247 Å². The van der Waals surface area contributed by atoms with Crippen molar-refractivity contribution in [3.63, 3.8) is 0 Å². The molecular formula is C69H46N6O10. The molecule has 2 aliphatic heterocycles. The minimum Gasteiger partial charge on any atom is -0.497 e. The summed E-state index contributed by atoms with van der Waals surface area (Å²) in [5, 5.41) is 37.4. The number of amides is 4. The van der Waals surface area contributed by atoms with Crippen LogP contribution in [0.1, 0.15) is 109 Å². The number of hydrogen-bond acceptors (Lipinski definition) is 14. The number of aryl methyl sites for hydroxylation is 4. The molecule has 0 bridgehead atoms. The smallest absolute Gasteiger partial charge is 0.266 e. The summed E-state index contributed by atoms with van der Waals surface area (Å²) >= 11 is 0. The van der Waals surface area contributed by atoms with E-state index in [1.807, 2.05) is 94.4 Å². The van der Waals surface area contributed by atoms with E-state index in [0.717, 1.165) is 48.7 Å². The van der Waals surface area contributed by atoms with Crippen LogP contribution in [0.5, 0.6) is 57.5 Å².